The molecule has 7 nitrogen and oxygen atoms in total. The predicted octanol–water partition coefficient (Wildman–Crippen LogP) is 2.47. The van der Waals surface area contributed by atoms with Gasteiger partial charge in [-0.25, -0.2) is 0 Å². The smallest absolute Gasteiger partial charge is 0.263 e. The fraction of sp³-hybridized carbons (Fsp3) is 0.529. The van der Waals surface area contributed by atoms with Gasteiger partial charge in [-0.05, 0) is 44.7 Å². The maximum Gasteiger partial charge on any atom is 0.263 e. The first-order chi connectivity index (χ1) is 11.7. The Balaban J connectivity index is 1.45. The maximum atomic E-state index is 12.8. The molecule has 2 aromatic rings. The molecule has 0 unspecified atom stereocenters. The minimum Gasteiger partial charge on any atom is -0.479 e. The average Bonchev–Trinajstić information content (AvgIpc) is 3.14. The van der Waals surface area contributed by atoms with Crippen molar-refractivity contribution in [2.75, 3.05) is 6.54 Å². The summed E-state index contributed by atoms with van der Waals surface area (Å²) in [4.78, 5) is 23.1. The Bertz CT molecular complexity index is 714. The molecule has 7 heteroatoms. The lowest BCUT2D eigenvalue weighted by Gasteiger charge is -2.25. The fourth-order valence-electron chi connectivity index (χ4n) is 3.08. The van der Waals surface area contributed by atoms with Crippen molar-refractivity contribution in [2.24, 2.45) is 0 Å². The second kappa shape index (κ2) is 6.22. The van der Waals surface area contributed by atoms with E-state index in [2.05, 4.69) is 15.1 Å². The summed E-state index contributed by atoms with van der Waals surface area (Å²) in [6.45, 7) is 2.45. The summed E-state index contributed by atoms with van der Waals surface area (Å²) in [7, 11) is 0. The van der Waals surface area contributed by atoms with Gasteiger partial charge in [0.05, 0.1) is 12.2 Å². The van der Waals surface area contributed by atoms with Gasteiger partial charge in [-0.3, -0.25) is 9.78 Å². The zero-order valence-corrected chi connectivity index (χ0v) is 13.6. The fourth-order valence-corrected chi connectivity index (χ4v) is 3.08. The van der Waals surface area contributed by atoms with Gasteiger partial charge in [0.1, 0.15) is 5.75 Å². The number of nitrogens with zero attached hydrogens (tertiary/aromatic N) is 4. The quantitative estimate of drug-likeness (QED) is 0.838. The van der Waals surface area contributed by atoms with E-state index in [0.717, 1.165) is 25.7 Å². The van der Waals surface area contributed by atoms with Crippen molar-refractivity contribution < 1.29 is 14.1 Å². The van der Waals surface area contributed by atoms with Crippen LogP contribution in [0.1, 0.15) is 56.3 Å². The van der Waals surface area contributed by atoms with E-state index in [0.29, 0.717) is 29.9 Å². The number of amides is 1. The Morgan fingerprint density at radius 3 is 3.04 bits per heavy atom. The summed E-state index contributed by atoms with van der Waals surface area (Å²) in [6.07, 6.45) is 6.72. The number of aromatic nitrogens is 3. The maximum absolute atomic E-state index is 12.8. The topological polar surface area (TPSA) is 81.4 Å². The second-order valence-electron chi connectivity index (χ2n) is 6.40. The standard InChI is InChI=1S/C17H20N4O3/c1-11(23-13-4-2-8-18-10-13)17(22)21-9-3-5-14(21)15-19-16(24-20-15)12-6-7-12/h2,4,8,10-12,14H,3,5-7,9H2,1H3/t11-,14+/m1/s1. The van der Waals surface area contributed by atoms with Crippen molar-refractivity contribution in [1.82, 2.24) is 20.0 Å². The Labute approximate surface area is 140 Å². The lowest BCUT2D eigenvalue weighted by Crippen LogP contribution is -2.40. The number of carbonyl (C=O) groups is 1. The molecule has 4 rings (SSSR count). The Kier molecular flexibility index (Phi) is 3.92. The minimum absolute atomic E-state index is 0.0564. The van der Waals surface area contributed by atoms with Crippen molar-refractivity contribution >= 4 is 5.91 Å². The first-order valence-electron chi connectivity index (χ1n) is 8.43. The van der Waals surface area contributed by atoms with Crippen LogP contribution in [0.3, 0.4) is 0 Å². The molecule has 1 amide bonds. The highest BCUT2D eigenvalue weighted by molar-refractivity contribution is 5.81. The number of ether oxygens (including phenoxy) is 1. The Hall–Kier alpha value is -2.44. The first kappa shape index (κ1) is 15.1. The van der Waals surface area contributed by atoms with Crippen molar-refractivity contribution in [2.45, 2.75) is 50.7 Å². The summed E-state index contributed by atoms with van der Waals surface area (Å²) >= 11 is 0. The number of likely N-dealkylation sites (tertiary alicyclic amines) is 1. The van der Waals surface area contributed by atoms with Crippen LogP contribution in [0.4, 0.5) is 0 Å². The lowest BCUT2D eigenvalue weighted by atomic mass is 10.2. The molecule has 2 aromatic heterocycles. The number of rotatable bonds is 5. The molecule has 0 bridgehead atoms. The number of hydrogen-bond acceptors (Lipinski definition) is 6. The van der Waals surface area contributed by atoms with Gasteiger partial charge in [0.15, 0.2) is 11.9 Å². The SMILES string of the molecule is C[C@@H](Oc1cccnc1)C(=O)N1CCC[C@H]1c1noc(C2CC2)n1. The third-order valence-electron chi connectivity index (χ3n) is 4.51. The van der Waals surface area contributed by atoms with Crippen LogP contribution in [-0.2, 0) is 4.79 Å². The minimum atomic E-state index is -0.579. The van der Waals surface area contributed by atoms with Crippen molar-refractivity contribution in [3.8, 4) is 5.75 Å². The number of hydrogen-bond donors (Lipinski definition) is 0. The molecule has 0 aromatic carbocycles. The summed E-state index contributed by atoms with van der Waals surface area (Å²) in [6, 6.07) is 3.46. The highest BCUT2D eigenvalue weighted by atomic mass is 16.5. The van der Waals surface area contributed by atoms with Gasteiger partial charge in [-0.1, -0.05) is 5.16 Å². The second-order valence-corrected chi connectivity index (χ2v) is 6.40. The first-order valence-corrected chi connectivity index (χ1v) is 8.43. The molecule has 1 saturated heterocycles. The van der Waals surface area contributed by atoms with Gasteiger partial charge in [-0.15, -0.1) is 0 Å². The lowest BCUT2D eigenvalue weighted by molar-refractivity contribution is -0.139. The molecule has 3 heterocycles. The van der Waals surface area contributed by atoms with E-state index in [1.807, 2.05) is 4.90 Å². The number of pyridine rings is 1. The van der Waals surface area contributed by atoms with Gasteiger partial charge >= 0.3 is 0 Å². The van der Waals surface area contributed by atoms with Gasteiger partial charge < -0.3 is 14.2 Å². The van der Waals surface area contributed by atoms with Crippen LogP contribution in [-0.4, -0.2) is 38.6 Å². The van der Waals surface area contributed by atoms with E-state index >= 15 is 0 Å². The van der Waals surface area contributed by atoms with E-state index in [9.17, 15) is 4.79 Å². The molecule has 1 aliphatic carbocycles. The molecular formula is C17H20N4O3. The Morgan fingerprint density at radius 1 is 1.42 bits per heavy atom. The van der Waals surface area contributed by atoms with Crippen LogP contribution in [0.2, 0.25) is 0 Å². The molecule has 24 heavy (non-hydrogen) atoms. The molecule has 126 valence electrons. The van der Waals surface area contributed by atoms with Crippen LogP contribution < -0.4 is 4.74 Å². The highest BCUT2D eigenvalue weighted by Gasteiger charge is 2.37. The summed E-state index contributed by atoms with van der Waals surface area (Å²) in [5.74, 6) is 2.29. The van der Waals surface area contributed by atoms with E-state index in [1.54, 1.807) is 31.5 Å². The highest BCUT2D eigenvalue weighted by Crippen LogP contribution is 2.40. The van der Waals surface area contributed by atoms with Crippen LogP contribution in [0.5, 0.6) is 5.75 Å². The molecular weight excluding hydrogens is 308 g/mol. The van der Waals surface area contributed by atoms with E-state index in [4.69, 9.17) is 9.26 Å². The van der Waals surface area contributed by atoms with E-state index in [1.165, 1.54) is 0 Å². The molecule has 0 radical (unpaired) electrons. The summed E-state index contributed by atoms with van der Waals surface area (Å²) in [5.41, 5.74) is 0. The zero-order chi connectivity index (χ0) is 16.5. The molecule has 2 aliphatic rings. The van der Waals surface area contributed by atoms with Crippen molar-refractivity contribution in [3.63, 3.8) is 0 Å². The average molecular weight is 328 g/mol. The van der Waals surface area contributed by atoms with Crippen LogP contribution in [0.25, 0.3) is 0 Å². The Morgan fingerprint density at radius 2 is 2.29 bits per heavy atom. The monoisotopic (exact) mass is 328 g/mol. The van der Waals surface area contributed by atoms with Gasteiger partial charge in [0.2, 0.25) is 5.89 Å². The summed E-state index contributed by atoms with van der Waals surface area (Å²) < 4.78 is 11.1. The summed E-state index contributed by atoms with van der Waals surface area (Å²) in [5, 5.41) is 4.10. The van der Waals surface area contributed by atoms with Crippen LogP contribution in [0, 0.1) is 0 Å². The molecule has 2 fully saturated rings. The number of carbonyl (C=O) groups excluding carboxylic acids is 1. The molecule has 0 spiro atoms. The zero-order valence-electron chi connectivity index (χ0n) is 13.6. The molecule has 1 aliphatic heterocycles. The van der Waals surface area contributed by atoms with E-state index < -0.39 is 6.10 Å². The molecule has 1 saturated carbocycles. The third-order valence-corrected chi connectivity index (χ3v) is 4.51. The van der Waals surface area contributed by atoms with Crippen molar-refractivity contribution in [3.05, 3.63) is 36.2 Å². The largest absolute Gasteiger partial charge is 0.479 e. The predicted molar refractivity (Wildman–Crippen MR) is 84.3 cm³/mol. The van der Waals surface area contributed by atoms with Crippen LogP contribution in [0.15, 0.2) is 29.0 Å². The van der Waals surface area contributed by atoms with Gasteiger partial charge in [-0.2, -0.15) is 4.98 Å². The van der Waals surface area contributed by atoms with Gasteiger partial charge in [0.25, 0.3) is 5.91 Å². The molecule has 2 atom stereocenters. The normalized spacial score (nSPS) is 21.7. The van der Waals surface area contributed by atoms with Crippen LogP contribution >= 0.6 is 0 Å². The van der Waals surface area contributed by atoms with E-state index in [-0.39, 0.29) is 11.9 Å². The third kappa shape index (κ3) is 2.98. The molecule has 0 N–H and O–H groups in total. The van der Waals surface area contributed by atoms with Gasteiger partial charge in [0, 0.05) is 18.7 Å². The van der Waals surface area contributed by atoms with Crippen molar-refractivity contribution in [1.29, 1.82) is 0 Å².